The van der Waals surface area contributed by atoms with Crippen LogP contribution in [-0.2, 0) is 63.7 Å². The minimum atomic E-state index is -2.56. The Hall–Kier alpha value is -6.34. The zero-order chi connectivity index (χ0) is 69.8. The predicted octanol–water partition coefficient (Wildman–Crippen LogP) is 9.22. The second-order valence-corrected chi connectivity index (χ2v) is 28.3. The first-order valence-corrected chi connectivity index (χ1v) is 35.2. The van der Waals surface area contributed by atoms with Gasteiger partial charge in [-0.1, -0.05) is 71.1 Å². The largest absolute Gasteiger partial charge is 0.496 e. The Kier molecular flexibility index (Phi) is 26.4. The number of pyridine rings is 1. The normalized spacial score (nSPS) is 34.4. The Morgan fingerprint density at radius 1 is 0.763 bits per heavy atom. The average Bonchev–Trinajstić information content (AvgIpc) is 0.774. The fraction of sp³-hybridized carbons (Fsp3) is 0.653. The summed E-state index contributed by atoms with van der Waals surface area (Å²) in [6, 6.07) is 8.75. The van der Waals surface area contributed by atoms with E-state index >= 15 is 0 Å². The average molecular weight is 1350 g/mol. The third-order valence-electron chi connectivity index (χ3n) is 21.0. The van der Waals surface area contributed by atoms with Gasteiger partial charge in [0.1, 0.15) is 41.7 Å². The number of aliphatic hydroxyl groups is 3. The highest BCUT2D eigenvalue weighted by Crippen LogP contribution is 2.40. The van der Waals surface area contributed by atoms with Crippen molar-refractivity contribution in [1.29, 1.82) is 0 Å². The molecule has 2 aromatic heterocycles. The van der Waals surface area contributed by atoms with Crippen LogP contribution in [0.5, 0.6) is 5.75 Å². The number of methoxy groups -OCH3 is 3. The summed E-state index contributed by atoms with van der Waals surface area (Å²) in [5.74, 6) is -6.66. The maximum absolute atomic E-state index is 14.9. The van der Waals surface area contributed by atoms with E-state index in [9.17, 15) is 39.3 Å². The number of anilines is 2. The molecule has 4 saturated heterocycles. The number of benzene rings is 1. The molecule has 9 rings (SSSR count). The van der Waals surface area contributed by atoms with E-state index in [1.54, 1.807) is 41.1 Å². The number of hydrogen-bond acceptors (Lipinski definition) is 21. The smallest absolute Gasteiger partial charge is 0.329 e. The first kappa shape index (κ1) is 74.9. The Morgan fingerprint density at radius 3 is 2.22 bits per heavy atom. The van der Waals surface area contributed by atoms with Crippen molar-refractivity contribution in [2.75, 3.05) is 77.2 Å². The zero-order valence-corrected chi connectivity index (χ0v) is 59.1. The molecule has 6 aliphatic rings. The molecule has 22 nitrogen and oxygen atoms in total. The maximum Gasteiger partial charge on any atom is 0.329 e. The van der Waals surface area contributed by atoms with E-state index in [2.05, 4.69) is 23.6 Å². The summed E-state index contributed by atoms with van der Waals surface area (Å²) in [7, 11) is 4.54. The lowest BCUT2D eigenvalue weighted by atomic mass is 9.78. The van der Waals surface area contributed by atoms with Gasteiger partial charge in [0.2, 0.25) is 11.7 Å². The lowest BCUT2D eigenvalue weighted by Crippen LogP contribution is -2.61. The number of aromatic nitrogens is 3. The van der Waals surface area contributed by atoms with Gasteiger partial charge in [0.05, 0.1) is 87.7 Å². The summed E-state index contributed by atoms with van der Waals surface area (Å²) < 4.78 is 48.7. The van der Waals surface area contributed by atoms with Crippen LogP contribution in [0.1, 0.15) is 145 Å². The monoisotopic (exact) mass is 1350 g/mol. The van der Waals surface area contributed by atoms with E-state index in [0.717, 1.165) is 27.9 Å². The number of ketones is 3. The minimum absolute atomic E-state index is 0.0370. The fourth-order valence-corrected chi connectivity index (χ4v) is 14.8. The Morgan fingerprint density at radius 2 is 1.51 bits per heavy atom. The third-order valence-corrected chi connectivity index (χ3v) is 21.0. The highest BCUT2D eigenvalue weighted by molar-refractivity contribution is 6.39. The fourth-order valence-electron chi connectivity index (χ4n) is 14.8. The SMILES string of the molecule is COc1ccc(-c2ccc3c(N4CCOC[C@@H]4C)nc(N4CCOC[C@@H]4C)nc3n2)cc1CO[C@@H]1C[C@@H]2CC[C@@H](C)[C@@](O)(O2)C(=O)C(=O)N2CCCCC2C(=O)O[C@H](C(C)C[C@H]2CC[C@@H](O)[C@H](OC)C2)CC(=O)[C@H](C)/C=C(\C)[C@@H](O)[C@@H](OC)C(=O)[C@H](C)C[C@H](C)/C=C/C=C/C=C\1C. The Balaban J connectivity index is 1.02. The molecule has 2 unspecified atom stereocenters. The molecule has 97 heavy (non-hydrogen) atoms. The quantitative estimate of drug-likeness (QED) is 0.0866. The summed E-state index contributed by atoms with van der Waals surface area (Å²) in [6.07, 6.45) is 9.94. The number of fused-ring (bicyclic) bond motifs is 4. The van der Waals surface area contributed by atoms with Crippen molar-refractivity contribution < 1.29 is 77.2 Å². The number of hydrogen-bond donors (Lipinski definition) is 3. The van der Waals surface area contributed by atoms with Gasteiger partial charge < -0.3 is 67.9 Å². The van der Waals surface area contributed by atoms with Crippen LogP contribution in [0.3, 0.4) is 0 Å². The molecule has 1 amide bonds. The summed E-state index contributed by atoms with van der Waals surface area (Å²) in [5, 5.41) is 35.7. The lowest BCUT2D eigenvalue weighted by molar-refractivity contribution is -0.266. The molecule has 1 saturated carbocycles. The molecule has 22 heteroatoms. The first-order chi connectivity index (χ1) is 46.4. The van der Waals surface area contributed by atoms with Crippen LogP contribution in [0.15, 0.2) is 77.9 Å². The second-order valence-electron chi connectivity index (χ2n) is 28.3. The predicted molar refractivity (Wildman–Crippen MR) is 367 cm³/mol. The van der Waals surface area contributed by atoms with Crippen LogP contribution in [0.2, 0.25) is 0 Å². The molecule has 1 aromatic carbocycles. The molecule has 3 aromatic rings. The molecule has 17 atom stereocenters. The van der Waals surface area contributed by atoms with Crippen LogP contribution in [-0.4, -0.2) is 198 Å². The van der Waals surface area contributed by atoms with E-state index < -0.39 is 83.9 Å². The van der Waals surface area contributed by atoms with Gasteiger partial charge in [-0.2, -0.15) is 9.97 Å². The maximum atomic E-state index is 14.9. The molecule has 7 heterocycles. The number of ether oxygens (including phenoxy) is 8. The summed E-state index contributed by atoms with van der Waals surface area (Å²) in [4.78, 5) is 94.1. The van der Waals surface area contributed by atoms with E-state index in [4.69, 9.17) is 52.8 Å². The standard InChI is InChI=1S/C75H106N6O16/c1-44-18-14-13-15-19-45(2)63(95-43-55-38-54(23-28-62(55)90-10)58-26-25-57-70(76-58)77-74(80-31-33-94-42-52(80)9)78-71(57)79-30-32-93-41-51(79)8)39-56-24-21-50(7)75(89,97-56)69(86)72(87)81-29-17-16-20-59(81)73(88)96-64(47(4)36-53-22-27-60(82)65(37-53)91-11)40-61(83)46(3)35-49(6)67(85)68(92-12)66(84)48(5)34-44/h13-15,18-19,23,25-26,28,35,38,44,46-48,50-53,56,59-60,63-65,67-68,82,85,89H,16-17,20-22,24,27,29-34,36-37,39-43H2,1-12H3/b15-13+,18-14+,45-19-,49-35+/t44-,46-,47?,48-,50-,51+,52+,53-,56+,59?,60-,63-,64+,65-,67-,68+,75-/m1/s1. The highest BCUT2D eigenvalue weighted by atomic mass is 16.6. The molecule has 2 bridgehead atoms. The number of cyclic esters (lactones) is 1. The number of allylic oxidation sites excluding steroid dienone is 6. The molecule has 0 radical (unpaired) electrons. The minimum Gasteiger partial charge on any atom is -0.496 e. The van der Waals surface area contributed by atoms with Gasteiger partial charge in [-0.05, 0) is 151 Å². The van der Waals surface area contributed by atoms with Crippen molar-refractivity contribution in [3.63, 3.8) is 0 Å². The highest BCUT2D eigenvalue weighted by Gasteiger charge is 2.53. The van der Waals surface area contributed by atoms with Crippen molar-refractivity contribution in [3.8, 4) is 17.0 Å². The number of amides is 1. The van der Waals surface area contributed by atoms with Crippen molar-refractivity contribution in [2.45, 2.75) is 213 Å². The number of nitrogens with zero attached hydrogens (tertiary/aromatic N) is 6. The number of carbonyl (C=O) groups excluding carboxylic acids is 5. The first-order valence-electron chi connectivity index (χ1n) is 35.2. The Labute approximate surface area is 572 Å². The van der Waals surface area contributed by atoms with Crippen molar-refractivity contribution in [2.24, 2.45) is 35.5 Å². The number of aliphatic hydroxyl groups excluding tert-OH is 2. The molecule has 5 fully saturated rings. The third kappa shape index (κ3) is 18.2. The van der Waals surface area contributed by atoms with Crippen LogP contribution in [0.25, 0.3) is 22.3 Å². The van der Waals surface area contributed by atoms with Crippen molar-refractivity contribution in [3.05, 3.63) is 83.5 Å². The molecule has 1 aliphatic carbocycles. The Bertz CT molecular complexity index is 3360. The lowest BCUT2D eigenvalue weighted by Gasteiger charge is -2.43. The number of morpholine rings is 2. The number of Topliss-reactive ketones (excluding diaryl/α,β-unsaturated/α-hetero) is 3. The molecule has 5 aliphatic heterocycles. The zero-order valence-electron chi connectivity index (χ0n) is 59.1. The number of carbonyl (C=O) groups is 5. The number of esters is 1. The molecular formula is C75H106N6O16. The number of rotatable bonds is 12. The molecule has 532 valence electrons. The van der Waals surface area contributed by atoms with Gasteiger partial charge in [0.25, 0.3) is 11.7 Å². The van der Waals surface area contributed by atoms with Gasteiger partial charge in [0, 0.05) is 75.6 Å². The second kappa shape index (κ2) is 34.1. The van der Waals surface area contributed by atoms with E-state index in [0.29, 0.717) is 126 Å². The van der Waals surface area contributed by atoms with Gasteiger partial charge in [-0.15, -0.1) is 0 Å². The van der Waals surface area contributed by atoms with Gasteiger partial charge >= 0.3 is 5.97 Å². The van der Waals surface area contributed by atoms with E-state index in [-0.39, 0.29) is 79.9 Å². The summed E-state index contributed by atoms with van der Waals surface area (Å²) in [5.41, 5.74) is 3.89. The van der Waals surface area contributed by atoms with Crippen LogP contribution in [0, 0.1) is 35.5 Å². The van der Waals surface area contributed by atoms with Crippen molar-refractivity contribution >= 4 is 52.0 Å². The van der Waals surface area contributed by atoms with Crippen molar-refractivity contribution in [1.82, 2.24) is 19.9 Å². The van der Waals surface area contributed by atoms with E-state index in [1.165, 1.54) is 12.0 Å². The van der Waals surface area contributed by atoms with Gasteiger partial charge in [0.15, 0.2) is 11.4 Å². The number of piperidine rings is 1. The molecule has 0 spiro atoms. The summed E-state index contributed by atoms with van der Waals surface area (Å²) >= 11 is 0. The van der Waals surface area contributed by atoms with Crippen LogP contribution in [0.4, 0.5) is 11.8 Å². The summed E-state index contributed by atoms with van der Waals surface area (Å²) in [6.45, 7) is 20.6. The van der Waals surface area contributed by atoms with Gasteiger partial charge in [-0.3, -0.25) is 19.2 Å². The van der Waals surface area contributed by atoms with E-state index in [1.807, 2.05) is 88.4 Å². The molecule has 3 N–H and O–H groups in total. The van der Waals surface area contributed by atoms with Crippen LogP contribution >= 0.6 is 0 Å². The van der Waals surface area contributed by atoms with Crippen LogP contribution < -0.4 is 14.5 Å². The topological polar surface area (TPSA) is 268 Å². The molecular weight excluding hydrogens is 1240 g/mol. The van der Waals surface area contributed by atoms with Gasteiger partial charge in [-0.25, -0.2) is 9.78 Å².